The van der Waals surface area contributed by atoms with Gasteiger partial charge in [0.15, 0.2) is 5.96 Å². The molecule has 1 aromatic heterocycles. The van der Waals surface area contributed by atoms with E-state index >= 15 is 0 Å². The summed E-state index contributed by atoms with van der Waals surface area (Å²) in [6.07, 6.45) is 0. The Balaban J connectivity index is 0.00000242. The van der Waals surface area contributed by atoms with Gasteiger partial charge in [-0.05, 0) is 48.9 Å². The van der Waals surface area contributed by atoms with Crippen molar-refractivity contribution in [2.24, 2.45) is 4.99 Å². The van der Waals surface area contributed by atoms with E-state index < -0.39 is 0 Å². The minimum absolute atomic E-state index is 0. The Bertz CT molecular complexity index is 635. The molecule has 0 atom stereocenters. The Hall–Kier alpha value is -1.08. The molecule has 0 spiro atoms. The Labute approximate surface area is 154 Å². The topological polar surface area (TPSA) is 36.4 Å². The summed E-state index contributed by atoms with van der Waals surface area (Å²) in [7, 11) is 1.80. The molecule has 1 aromatic carbocycles. The molecule has 5 heteroatoms. The summed E-state index contributed by atoms with van der Waals surface area (Å²) in [6, 6.07) is 8.68. The van der Waals surface area contributed by atoms with Crippen LogP contribution in [0.25, 0.3) is 0 Å². The largest absolute Gasteiger partial charge is 0.352 e. The van der Waals surface area contributed by atoms with Crippen molar-refractivity contribution in [3.8, 4) is 0 Å². The van der Waals surface area contributed by atoms with Crippen molar-refractivity contribution in [1.82, 2.24) is 10.6 Å². The number of halogens is 1. The lowest BCUT2D eigenvalue weighted by molar-refractivity contribution is 0.810. The van der Waals surface area contributed by atoms with Crippen LogP contribution in [0.3, 0.4) is 0 Å². The molecule has 3 nitrogen and oxygen atoms in total. The first-order chi connectivity index (χ1) is 10.1. The number of hydrogen-bond acceptors (Lipinski definition) is 2. The number of benzene rings is 1. The van der Waals surface area contributed by atoms with Crippen molar-refractivity contribution in [3.63, 3.8) is 0 Å². The zero-order chi connectivity index (χ0) is 15.2. The van der Waals surface area contributed by atoms with Crippen LogP contribution in [0, 0.1) is 20.8 Å². The van der Waals surface area contributed by atoms with Crippen LogP contribution >= 0.6 is 35.3 Å². The van der Waals surface area contributed by atoms with Gasteiger partial charge in [0.25, 0.3) is 0 Å². The molecular weight excluding hydrogens is 405 g/mol. The van der Waals surface area contributed by atoms with Gasteiger partial charge < -0.3 is 10.6 Å². The minimum Gasteiger partial charge on any atom is -0.352 e. The Kier molecular flexibility index (Phi) is 7.89. The first-order valence-corrected chi connectivity index (χ1v) is 8.01. The highest BCUT2D eigenvalue weighted by molar-refractivity contribution is 14.0. The van der Waals surface area contributed by atoms with Crippen LogP contribution in [0.1, 0.15) is 27.1 Å². The number of hydrogen-bond donors (Lipinski definition) is 2. The van der Waals surface area contributed by atoms with Gasteiger partial charge in [0.1, 0.15) is 0 Å². The lowest BCUT2D eigenvalue weighted by atomic mass is 10.1. The maximum Gasteiger partial charge on any atom is 0.191 e. The quantitative estimate of drug-likeness (QED) is 0.435. The Morgan fingerprint density at radius 2 is 1.77 bits per heavy atom. The predicted octanol–water partition coefficient (Wildman–Crippen LogP) is 4.16. The first kappa shape index (κ1) is 19.0. The van der Waals surface area contributed by atoms with Crippen molar-refractivity contribution in [2.45, 2.75) is 33.9 Å². The van der Waals surface area contributed by atoms with Crippen molar-refractivity contribution < 1.29 is 0 Å². The van der Waals surface area contributed by atoms with Gasteiger partial charge in [0, 0.05) is 18.5 Å². The molecule has 2 aromatic rings. The van der Waals surface area contributed by atoms with Crippen molar-refractivity contribution >= 4 is 41.3 Å². The van der Waals surface area contributed by atoms with Crippen LogP contribution in [-0.2, 0) is 13.1 Å². The summed E-state index contributed by atoms with van der Waals surface area (Å²) in [6.45, 7) is 8.01. The number of nitrogens with one attached hydrogen (secondary N) is 2. The number of aliphatic imine (C=N–C) groups is 1. The van der Waals surface area contributed by atoms with Gasteiger partial charge in [0.2, 0.25) is 0 Å². The summed E-state index contributed by atoms with van der Waals surface area (Å²) < 4.78 is 0. The first-order valence-electron chi connectivity index (χ1n) is 7.13. The van der Waals surface area contributed by atoms with E-state index in [-0.39, 0.29) is 24.0 Å². The molecule has 2 rings (SSSR count). The predicted molar refractivity (Wildman–Crippen MR) is 107 cm³/mol. The van der Waals surface area contributed by atoms with Crippen molar-refractivity contribution in [1.29, 1.82) is 0 Å². The maximum absolute atomic E-state index is 4.28. The third-order valence-electron chi connectivity index (χ3n) is 3.55. The number of nitrogens with zero attached hydrogens (tertiary/aromatic N) is 1. The fraction of sp³-hybridized carbons (Fsp3) is 0.353. The molecule has 0 saturated carbocycles. The highest BCUT2D eigenvalue weighted by Gasteiger charge is 2.03. The van der Waals surface area contributed by atoms with Crippen molar-refractivity contribution in [3.05, 3.63) is 56.8 Å². The smallest absolute Gasteiger partial charge is 0.191 e. The van der Waals surface area contributed by atoms with E-state index in [1.807, 2.05) is 0 Å². The Morgan fingerprint density at radius 3 is 2.36 bits per heavy atom. The molecule has 0 amide bonds. The normalized spacial score (nSPS) is 11.0. The molecule has 0 aliphatic heterocycles. The number of aryl methyl sites for hydroxylation is 3. The molecule has 0 radical (unpaired) electrons. The SMILES string of the molecule is CN=C(NCc1ccc(C)cc1C)NCc1sccc1C.I. The van der Waals surface area contributed by atoms with E-state index in [0.717, 1.165) is 19.0 Å². The average Bonchev–Trinajstić information content (AvgIpc) is 2.86. The van der Waals surface area contributed by atoms with E-state index in [2.05, 4.69) is 66.0 Å². The van der Waals surface area contributed by atoms with E-state index in [0.29, 0.717) is 0 Å². The van der Waals surface area contributed by atoms with Crippen LogP contribution in [0.4, 0.5) is 0 Å². The van der Waals surface area contributed by atoms with Crippen LogP contribution in [0.2, 0.25) is 0 Å². The lowest BCUT2D eigenvalue weighted by Crippen LogP contribution is -2.36. The van der Waals surface area contributed by atoms with Crippen LogP contribution in [0.15, 0.2) is 34.6 Å². The van der Waals surface area contributed by atoms with E-state index in [1.165, 1.54) is 27.1 Å². The molecule has 120 valence electrons. The second-order valence-electron chi connectivity index (χ2n) is 5.24. The summed E-state index contributed by atoms with van der Waals surface area (Å²) in [5.41, 5.74) is 5.24. The number of rotatable bonds is 4. The highest BCUT2D eigenvalue weighted by atomic mass is 127. The van der Waals surface area contributed by atoms with Crippen LogP contribution in [-0.4, -0.2) is 13.0 Å². The fourth-order valence-corrected chi connectivity index (χ4v) is 3.04. The van der Waals surface area contributed by atoms with Gasteiger partial charge in [-0.15, -0.1) is 35.3 Å². The van der Waals surface area contributed by atoms with Gasteiger partial charge in [-0.3, -0.25) is 4.99 Å². The molecule has 1 heterocycles. The third kappa shape index (κ3) is 5.28. The average molecular weight is 429 g/mol. The zero-order valence-electron chi connectivity index (χ0n) is 13.6. The molecule has 0 saturated heterocycles. The summed E-state index contributed by atoms with van der Waals surface area (Å²) in [5.74, 6) is 0.836. The molecule has 2 N–H and O–H groups in total. The molecule has 0 bridgehead atoms. The molecule has 22 heavy (non-hydrogen) atoms. The monoisotopic (exact) mass is 429 g/mol. The molecule has 0 aliphatic carbocycles. The molecule has 0 fully saturated rings. The van der Waals surface area contributed by atoms with Gasteiger partial charge in [-0.25, -0.2) is 0 Å². The second kappa shape index (κ2) is 9.15. The highest BCUT2D eigenvalue weighted by Crippen LogP contribution is 2.14. The number of thiophene rings is 1. The van der Waals surface area contributed by atoms with Crippen LogP contribution < -0.4 is 10.6 Å². The van der Waals surface area contributed by atoms with Gasteiger partial charge in [-0.2, -0.15) is 0 Å². The van der Waals surface area contributed by atoms with Gasteiger partial charge in [-0.1, -0.05) is 23.8 Å². The molecule has 0 aliphatic rings. The third-order valence-corrected chi connectivity index (χ3v) is 4.58. The van der Waals surface area contributed by atoms with Crippen LogP contribution in [0.5, 0.6) is 0 Å². The summed E-state index contributed by atoms with van der Waals surface area (Å²) in [5, 5.41) is 8.86. The van der Waals surface area contributed by atoms with E-state index in [9.17, 15) is 0 Å². The summed E-state index contributed by atoms with van der Waals surface area (Å²) in [4.78, 5) is 5.63. The maximum atomic E-state index is 4.28. The second-order valence-corrected chi connectivity index (χ2v) is 6.24. The molecule has 0 unspecified atom stereocenters. The zero-order valence-corrected chi connectivity index (χ0v) is 16.7. The number of guanidine groups is 1. The Morgan fingerprint density at radius 1 is 1.05 bits per heavy atom. The fourth-order valence-electron chi connectivity index (χ4n) is 2.19. The minimum atomic E-state index is 0. The van der Waals surface area contributed by atoms with Crippen molar-refractivity contribution in [2.75, 3.05) is 7.05 Å². The van der Waals surface area contributed by atoms with Gasteiger partial charge >= 0.3 is 0 Å². The summed E-state index contributed by atoms with van der Waals surface area (Å²) >= 11 is 1.78. The van der Waals surface area contributed by atoms with E-state index in [1.54, 1.807) is 18.4 Å². The van der Waals surface area contributed by atoms with Gasteiger partial charge in [0.05, 0.1) is 6.54 Å². The van der Waals surface area contributed by atoms with E-state index in [4.69, 9.17) is 0 Å². The molecular formula is C17H24IN3S. The lowest BCUT2D eigenvalue weighted by Gasteiger charge is -2.13. The standard InChI is InChI=1S/C17H23N3S.HI/c1-12-5-6-15(14(3)9-12)10-19-17(18-4)20-11-16-13(2)7-8-21-16;/h5-9H,10-11H2,1-4H3,(H2,18,19,20);1H.